The highest BCUT2D eigenvalue weighted by molar-refractivity contribution is 6.46. The number of nitrogens with zero attached hydrogens (tertiary/aromatic N) is 1. The van der Waals surface area contributed by atoms with Gasteiger partial charge in [0, 0.05) is 12.1 Å². The summed E-state index contributed by atoms with van der Waals surface area (Å²) in [4.78, 5) is 26.9. The number of hydrogen-bond donors (Lipinski definition) is 1. The van der Waals surface area contributed by atoms with Crippen LogP contribution in [-0.4, -0.2) is 35.4 Å². The minimum Gasteiger partial charge on any atom is -0.507 e. The van der Waals surface area contributed by atoms with Gasteiger partial charge in [0.25, 0.3) is 11.7 Å². The van der Waals surface area contributed by atoms with E-state index < -0.39 is 17.7 Å². The van der Waals surface area contributed by atoms with Crippen LogP contribution in [-0.2, 0) is 9.59 Å². The van der Waals surface area contributed by atoms with Gasteiger partial charge in [-0.2, -0.15) is 0 Å². The van der Waals surface area contributed by atoms with Gasteiger partial charge in [0.2, 0.25) is 0 Å². The Morgan fingerprint density at radius 3 is 2.70 bits per heavy atom. The first-order valence-electron chi connectivity index (χ1n) is 9.04. The molecule has 1 atom stereocenters. The fourth-order valence-electron chi connectivity index (χ4n) is 3.31. The summed E-state index contributed by atoms with van der Waals surface area (Å²) in [5, 5.41) is 10.9. The normalized spacial score (nSPS) is 18.9. The monoisotopic (exact) mass is 369 g/mol. The summed E-state index contributed by atoms with van der Waals surface area (Å²) in [6.07, 6.45) is 4.22. The molecule has 3 rings (SSSR count). The van der Waals surface area contributed by atoms with E-state index in [0.717, 1.165) is 19.3 Å². The molecular formula is C21H23NO5. The molecule has 142 valence electrons. The fourth-order valence-corrected chi connectivity index (χ4v) is 3.31. The van der Waals surface area contributed by atoms with Crippen LogP contribution in [0.5, 0.6) is 5.75 Å². The molecule has 1 fully saturated rings. The molecule has 6 heteroatoms. The van der Waals surface area contributed by atoms with Crippen molar-refractivity contribution < 1.29 is 23.8 Å². The van der Waals surface area contributed by atoms with Gasteiger partial charge in [-0.3, -0.25) is 9.59 Å². The lowest BCUT2D eigenvalue weighted by Gasteiger charge is -2.23. The van der Waals surface area contributed by atoms with Crippen LogP contribution in [0.1, 0.15) is 43.6 Å². The maximum atomic E-state index is 12.7. The number of methoxy groups -OCH3 is 1. The number of hydrogen-bond acceptors (Lipinski definition) is 5. The van der Waals surface area contributed by atoms with E-state index >= 15 is 0 Å². The number of likely N-dealkylation sites (tertiary alicyclic amines) is 1. The first kappa shape index (κ1) is 18.8. The Labute approximate surface area is 158 Å². The number of ether oxygens (including phenoxy) is 1. The highest BCUT2D eigenvalue weighted by atomic mass is 16.5. The molecule has 1 saturated heterocycles. The van der Waals surface area contributed by atoms with E-state index in [1.807, 2.05) is 0 Å². The number of Topliss-reactive ketones (excluding diaryl/α,β-unsaturated/α-hetero) is 1. The van der Waals surface area contributed by atoms with E-state index in [2.05, 4.69) is 6.92 Å². The quantitative estimate of drug-likeness (QED) is 0.346. The number of furan rings is 1. The molecular weight excluding hydrogens is 346 g/mol. The molecule has 1 aromatic carbocycles. The second kappa shape index (κ2) is 8.12. The van der Waals surface area contributed by atoms with Crippen LogP contribution in [0, 0.1) is 0 Å². The lowest BCUT2D eigenvalue weighted by molar-refractivity contribution is -0.140. The molecule has 0 radical (unpaired) electrons. The van der Waals surface area contributed by atoms with Crippen LogP contribution in [0.2, 0.25) is 0 Å². The molecule has 1 amide bonds. The smallest absolute Gasteiger partial charge is 0.295 e. The predicted molar refractivity (Wildman–Crippen MR) is 100 cm³/mol. The van der Waals surface area contributed by atoms with Crippen LogP contribution in [0.25, 0.3) is 5.76 Å². The highest BCUT2D eigenvalue weighted by Crippen LogP contribution is 2.40. The standard InChI is InChI=1S/C21H23NO5/c1-3-4-5-11-22-18(16-10-7-12-27-16)17(20(24)21(22)25)19(23)14-8-6-9-15(13-14)26-2/h6-10,12-13,18,23H,3-5,11H2,1-2H3/b19-17-. The van der Waals surface area contributed by atoms with E-state index in [9.17, 15) is 14.7 Å². The first-order chi connectivity index (χ1) is 13.1. The highest BCUT2D eigenvalue weighted by Gasteiger charge is 2.47. The summed E-state index contributed by atoms with van der Waals surface area (Å²) < 4.78 is 10.7. The largest absolute Gasteiger partial charge is 0.507 e. The Bertz CT molecular complexity index is 853. The molecule has 0 spiro atoms. The Morgan fingerprint density at radius 2 is 2.04 bits per heavy atom. The number of ketones is 1. The van der Waals surface area contributed by atoms with Crippen molar-refractivity contribution in [2.45, 2.75) is 32.2 Å². The van der Waals surface area contributed by atoms with Gasteiger partial charge in [-0.25, -0.2) is 0 Å². The van der Waals surface area contributed by atoms with Crippen LogP contribution in [0.15, 0.2) is 52.7 Å². The molecule has 1 aliphatic heterocycles. The number of carbonyl (C=O) groups excluding carboxylic acids is 2. The van der Waals surface area contributed by atoms with Crippen molar-refractivity contribution in [3.8, 4) is 5.75 Å². The van der Waals surface area contributed by atoms with Crippen molar-refractivity contribution in [3.05, 3.63) is 59.6 Å². The average Bonchev–Trinajstić information content (AvgIpc) is 3.30. The minimum absolute atomic E-state index is 0.0414. The molecule has 0 aliphatic carbocycles. The Hall–Kier alpha value is -3.02. The second-order valence-electron chi connectivity index (χ2n) is 6.45. The van der Waals surface area contributed by atoms with Gasteiger partial charge in [0.15, 0.2) is 0 Å². The summed E-state index contributed by atoms with van der Waals surface area (Å²) in [6, 6.07) is 9.43. The van der Waals surface area contributed by atoms with E-state index in [-0.39, 0.29) is 11.3 Å². The third-order valence-corrected chi connectivity index (χ3v) is 4.70. The van der Waals surface area contributed by atoms with Crippen molar-refractivity contribution >= 4 is 17.4 Å². The maximum absolute atomic E-state index is 12.7. The Morgan fingerprint density at radius 1 is 1.22 bits per heavy atom. The van der Waals surface area contributed by atoms with Gasteiger partial charge >= 0.3 is 0 Å². The van der Waals surface area contributed by atoms with Gasteiger partial charge < -0.3 is 19.2 Å². The molecule has 1 aliphatic rings. The third kappa shape index (κ3) is 3.60. The third-order valence-electron chi connectivity index (χ3n) is 4.70. The average molecular weight is 369 g/mol. The molecule has 2 heterocycles. The zero-order chi connectivity index (χ0) is 19.4. The fraction of sp³-hybridized carbons (Fsp3) is 0.333. The van der Waals surface area contributed by atoms with Crippen molar-refractivity contribution in [1.82, 2.24) is 4.90 Å². The van der Waals surface area contributed by atoms with Crippen molar-refractivity contribution in [3.63, 3.8) is 0 Å². The number of aliphatic hydroxyl groups excluding tert-OH is 1. The molecule has 27 heavy (non-hydrogen) atoms. The maximum Gasteiger partial charge on any atom is 0.295 e. The lowest BCUT2D eigenvalue weighted by Crippen LogP contribution is -2.30. The van der Waals surface area contributed by atoms with E-state index in [0.29, 0.717) is 23.6 Å². The number of benzene rings is 1. The summed E-state index contributed by atoms with van der Waals surface area (Å²) in [5.74, 6) is -0.544. The van der Waals surface area contributed by atoms with Gasteiger partial charge in [-0.15, -0.1) is 0 Å². The summed E-state index contributed by atoms with van der Waals surface area (Å²) in [6.45, 7) is 2.50. The molecule has 1 aromatic heterocycles. The molecule has 1 unspecified atom stereocenters. The minimum atomic E-state index is -0.733. The van der Waals surface area contributed by atoms with Crippen molar-refractivity contribution in [2.24, 2.45) is 0 Å². The summed E-state index contributed by atoms with van der Waals surface area (Å²) in [5.41, 5.74) is 0.456. The number of unbranched alkanes of at least 4 members (excludes halogenated alkanes) is 2. The van der Waals surface area contributed by atoms with Crippen LogP contribution in [0.4, 0.5) is 0 Å². The lowest BCUT2D eigenvalue weighted by atomic mass is 9.99. The number of aliphatic hydroxyl groups is 1. The molecule has 2 aromatic rings. The molecule has 0 saturated carbocycles. The van der Waals surface area contributed by atoms with Gasteiger partial charge in [-0.05, 0) is 30.7 Å². The zero-order valence-electron chi connectivity index (χ0n) is 15.5. The van der Waals surface area contributed by atoms with E-state index in [1.54, 1.807) is 36.4 Å². The van der Waals surface area contributed by atoms with Crippen molar-refractivity contribution in [2.75, 3.05) is 13.7 Å². The summed E-state index contributed by atoms with van der Waals surface area (Å²) in [7, 11) is 1.52. The second-order valence-corrected chi connectivity index (χ2v) is 6.45. The SMILES string of the molecule is CCCCCN1C(=O)C(=O)/C(=C(\O)c2cccc(OC)c2)C1c1ccco1. The van der Waals surface area contributed by atoms with Gasteiger partial charge in [0.1, 0.15) is 23.3 Å². The Kier molecular flexibility index (Phi) is 5.64. The molecule has 1 N–H and O–H groups in total. The Balaban J connectivity index is 2.08. The predicted octanol–water partition coefficient (Wildman–Crippen LogP) is 3.90. The molecule has 6 nitrogen and oxygen atoms in total. The van der Waals surface area contributed by atoms with Gasteiger partial charge in [-0.1, -0.05) is 31.9 Å². The first-order valence-corrected chi connectivity index (χ1v) is 9.04. The number of carbonyl (C=O) groups is 2. The molecule has 0 bridgehead atoms. The van der Waals surface area contributed by atoms with Crippen LogP contribution in [0.3, 0.4) is 0 Å². The zero-order valence-corrected chi connectivity index (χ0v) is 15.5. The van der Waals surface area contributed by atoms with Crippen LogP contribution >= 0.6 is 0 Å². The number of rotatable bonds is 7. The summed E-state index contributed by atoms with van der Waals surface area (Å²) >= 11 is 0. The van der Waals surface area contributed by atoms with Crippen molar-refractivity contribution in [1.29, 1.82) is 0 Å². The van der Waals surface area contributed by atoms with E-state index in [1.165, 1.54) is 18.3 Å². The topological polar surface area (TPSA) is 80.0 Å². The van der Waals surface area contributed by atoms with E-state index in [4.69, 9.17) is 9.15 Å². The number of amides is 1. The van der Waals surface area contributed by atoms with Crippen LogP contribution < -0.4 is 4.74 Å². The van der Waals surface area contributed by atoms with Gasteiger partial charge in [0.05, 0.1) is 18.9 Å².